The van der Waals surface area contributed by atoms with Crippen LogP contribution in [0.1, 0.15) is 16.5 Å². The smallest absolute Gasteiger partial charge is 0.137 e. The van der Waals surface area contributed by atoms with Gasteiger partial charge in [0.25, 0.3) is 0 Å². The van der Waals surface area contributed by atoms with Crippen molar-refractivity contribution in [2.24, 2.45) is 0 Å². The first kappa shape index (κ1) is 15.1. The molecule has 0 aromatic heterocycles. The van der Waals surface area contributed by atoms with Crippen LogP contribution in [0.4, 0.5) is 4.39 Å². The number of halogens is 3. The van der Waals surface area contributed by atoms with E-state index in [-0.39, 0.29) is 5.82 Å². The van der Waals surface area contributed by atoms with E-state index in [1.165, 1.54) is 6.07 Å². The van der Waals surface area contributed by atoms with Gasteiger partial charge < -0.3 is 9.47 Å². The molecule has 0 radical (unpaired) electrons. The Balaban J connectivity index is 2.41. The number of rotatable bonds is 4. The van der Waals surface area contributed by atoms with Gasteiger partial charge in [-0.1, -0.05) is 6.07 Å². The number of ether oxygens (including phenoxy) is 2. The van der Waals surface area contributed by atoms with E-state index in [1.54, 1.807) is 32.4 Å². The zero-order valence-electron chi connectivity index (χ0n) is 11.0. The van der Waals surface area contributed by atoms with Crippen molar-refractivity contribution in [3.63, 3.8) is 0 Å². The van der Waals surface area contributed by atoms with Crippen LogP contribution in [0.25, 0.3) is 0 Å². The molecule has 0 heterocycles. The average Bonchev–Trinajstić information content (AvgIpc) is 2.48. The summed E-state index contributed by atoms with van der Waals surface area (Å²) in [6.45, 7) is 0. The molecule has 106 valence electrons. The number of hydrogen-bond acceptors (Lipinski definition) is 2. The molecule has 0 saturated heterocycles. The third-order valence-electron chi connectivity index (χ3n) is 2.90. The fraction of sp³-hybridized carbons (Fsp3) is 0.200. The minimum Gasteiger partial charge on any atom is -0.497 e. The van der Waals surface area contributed by atoms with E-state index in [4.69, 9.17) is 21.1 Å². The third-order valence-corrected chi connectivity index (χ3v) is 4.01. The van der Waals surface area contributed by atoms with E-state index < -0.39 is 5.38 Å². The molecule has 0 N–H and O–H groups in total. The van der Waals surface area contributed by atoms with E-state index in [0.29, 0.717) is 16.0 Å². The maximum Gasteiger partial charge on any atom is 0.137 e. The van der Waals surface area contributed by atoms with Crippen molar-refractivity contribution in [2.45, 2.75) is 5.38 Å². The summed E-state index contributed by atoms with van der Waals surface area (Å²) in [4.78, 5) is 0. The largest absolute Gasteiger partial charge is 0.497 e. The van der Waals surface area contributed by atoms with Crippen LogP contribution in [0.5, 0.6) is 11.5 Å². The summed E-state index contributed by atoms with van der Waals surface area (Å²) in [6.07, 6.45) is 0. The molecule has 5 heteroatoms. The molecule has 0 fully saturated rings. The third kappa shape index (κ3) is 3.25. The minimum absolute atomic E-state index is 0.319. The van der Waals surface area contributed by atoms with Crippen molar-refractivity contribution in [3.05, 3.63) is 57.8 Å². The summed E-state index contributed by atoms with van der Waals surface area (Å²) >= 11 is 9.62. The van der Waals surface area contributed by atoms with Crippen LogP contribution in [0, 0.1) is 5.82 Å². The van der Waals surface area contributed by atoms with Crippen LogP contribution in [-0.2, 0) is 0 Å². The Labute approximate surface area is 130 Å². The summed E-state index contributed by atoms with van der Waals surface area (Å²) < 4.78 is 24.1. The normalized spacial score (nSPS) is 12.1. The molecule has 20 heavy (non-hydrogen) atoms. The molecule has 2 rings (SSSR count). The van der Waals surface area contributed by atoms with Crippen molar-refractivity contribution < 1.29 is 13.9 Å². The average molecular weight is 360 g/mol. The first-order chi connectivity index (χ1) is 9.55. The highest BCUT2D eigenvalue weighted by molar-refractivity contribution is 9.10. The van der Waals surface area contributed by atoms with E-state index >= 15 is 0 Å². The molecule has 0 aliphatic rings. The molecule has 1 unspecified atom stereocenters. The molecule has 0 amide bonds. The molecular formula is C15H13BrClFO2. The number of hydrogen-bond donors (Lipinski definition) is 0. The van der Waals surface area contributed by atoms with Gasteiger partial charge in [-0.15, -0.1) is 11.6 Å². The van der Waals surface area contributed by atoms with Gasteiger partial charge in [-0.25, -0.2) is 4.39 Å². The number of methoxy groups -OCH3 is 2. The lowest BCUT2D eigenvalue weighted by atomic mass is 10.0. The van der Waals surface area contributed by atoms with Gasteiger partial charge in [0.2, 0.25) is 0 Å². The van der Waals surface area contributed by atoms with Crippen LogP contribution in [0.2, 0.25) is 0 Å². The molecule has 0 bridgehead atoms. The second-order valence-corrected chi connectivity index (χ2v) is 5.47. The van der Waals surface area contributed by atoms with Gasteiger partial charge in [-0.2, -0.15) is 0 Å². The van der Waals surface area contributed by atoms with Crippen LogP contribution < -0.4 is 9.47 Å². The summed E-state index contributed by atoms with van der Waals surface area (Å²) in [7, 11) is 3.16. The first-order valence-electron chi connectivity index (χ1n) is 5.87. The van der Waals surface area contributed by atoms with Crippen molar-refractivity contribution in [3.8, 4) is 11.5 Å². The van der Waals surface area contributed by atoms with Crippen LogP contribution >= 0.6 is 27.5 Å². The maximum absolute atomic E-state index is 13.3. The van der Waals surface area contributed by atoms with Crippen LogP contribution in [-0.4, -0.2) is 14.2 Å². The maximum atomic E-state index is 13.3. The SMILES string of the molecule is COc1cc(OC)cc(C(Cl)c2ccc(F)c(Br)c2)c1. The molecule has 2 aromatic rings. The van der Waals surface area contributed by atoms with Gasteiger partial charge in [0.05, 0.1) is 24.1 Å². The Morgan fingerprint density at radius 3 is 2.10 bits per heavy atom. The fourth-order valence-electron chi connectivity index (χ4n) is 1.84. The van der Waals surface area contributed by atoms with Crippen molar-refractivity contribution in [1.29, 1.82) is 0 Å². The highest BCUT2D eigenvalue weighted by Gasteiger charge is 2.15. The summed E-state index contributed by atoms with van der Waals surface area (Å²) in [5, 5.41) is -0.420. The van der Waals surface area contributed by atoms with E-state index in [2.05, 4.69) is 15.9 Å². The topological polar surface area (TPSA) is 18.5 Å². The lowest BCUT2D eigenvalue weighted by molar-refractivity contribution is 0.393. The molecule has 0 aliphatic heterocycles. The van der Waals surface area contributed by atoms with E-state index in [1.807, 2.05) is 12.1 Å². The Hall–Kier alpha value is -1.26. The van der Waals surface area contributed by atoms with Gasteiger partial charge in [0.1, 0.15) is 17.3 Å². The molecule has 0 saturated carbocycles. The van der Waals surface area contributed by atoms with Gasteiger partial charge in [-0.05, 0) is 51.3 Å². The van der Waals surface area contributed by atoms with Crippen molar-refractivity contribution in [1.82, 2.24) is 0 Å². The zero-order chi connectivity index (χ0) is 14.7. The Morgan fingerprint density at radius 1 is 1.00 bits per heavy atom. The van der Waals surface area contributed by atoms with Gasteiger partial charge in [0, 0.05) is 6.07 Å². The predicted molar refractivity (Wildman–Crippen MR) is 81.3 cm³/mol. The lowest BCUT2D eigenvalue weighted by Gasteiger charge is -2.14. The highest BCUT2D eigenvalue weighted by atomic mass is 79.9. The number of alkyl halides is 1. The second kappa shape index (κ2) is 6.46. The fourth-order valence-corrected chi connectivity index (χ4v) is 2.50. The molecule has 0 aliphatic carbocycles. The predicted octanol–water partition coefficient (Wildman–Crippen LogP) is 4.93. The summed E-state index contributed by atoms with van der Waals surface area (Å²) in [5.41, 5.74) is 1.61. The highest BCUT2D eigenvalue weighted by Crippen LogP contribution is 2.35. The number of benzene rings is 2. The summed E-state index contributed by atoms with van der Waals surface area (Å²) in [6, 6.07) is 10.1. The van der Waals surface area contributed by atoms with E-state index in [0.717, 1.165) is 11.1 Å². The minimum atomic E-state index is -0.420. The Bertz CT molecular complexity index is 597. The Kier molecular flexibility index (Phi) is 4.89. The standard InChI is InChI=1S/C15H13BrClFO2/c1-19-11-5-10(6-12(8-11)20-2)15(17)9-3-4-14(18)13(16)7-9/h3-8,15H,1-2H3. The zero-order valence-corrected chi connectivity index (χ0v) is 13.3. The lowest BCUT2D eigenvalue weighted by Crippen LogP contribution is -1.97. The van der Waals surface area contributed by atoms with Gasteiger partial charge >= 0.3 is 0 Å². The van der Waals surface area contributed by atoms with Crippen molar-refractivity contribution in [2.75, 3.05) is 14.2 Å². The summed E-state index contributed by atoms with van der Waals surface area (Å²) in [5.74, 6) is 0.998. The van der Waals surface area contributed by atoms with Crippen molar-refractivity contribution >= 4 is 27.5 Å². The monoisotopic (exact) mass is 358 g/mol. The molecule has 2 aromatic carbocycles. The first-order valence-corrected chi connectivity index (χ1v) is 7.10. The molecule has 0 spiro atoms. The second-order valence-electron chi connectivity index (χ2n) is 4.18. The van der Waals surface area contributed by atoms with E-state index in [9.17, 15) is 4.39 Å². The molecule has 2 nitrogen and oxygen atoms in total. The molecular weight excluding hydrogens is 347 g/mol. The quantitative estimate of drug-likeness (QED) is 0.720. The van der Waals surface area contributed by atoms with Crippen LogP contribution in [0.3, 0.4) is 0 Å². The molecule has 1 atom stereocenters. The Morgan fingerprint density at radius 2 is 1.60 bits per heavy atom. The van der Waals surface area contributed by atoms with Gasteiger partial charge in [-0.3, -0.25) is 0 Å². The van der Waals surface area contributed by atoms with Crippen LogP contribution in [0.15, 0.2) is 40.9 Å². The van der Waals surface area contributed by atoms with Gasteiger partial charge in [0.15, 0.2) is 0 Å².